The molecule has 0 aliphatic carbocycles. The smallest absolute Gasteiger partial charge is 0.193 e. The monoisotopic (exact) mass is 344 g/mol. The van der Waals surface area contributed by atoms with Gasteiger partial charge >= 0.3 is 0 Å². The third-order valence-corrected chi connectivity index (χ3v) is 8.54. The third-order valence-electron chi connectivity index (χ3n) is 4.99. The van der Waals surface area contributed by atoms with E-state index in [9.17, 15) is 4.79 Å². The van der Waals surface area contributed by atoms with Gasteiger partial charge < -0.3 is 0 Å². The van der Waals surface area contributed by atoms with Crippen LogP contribution in [0.4, 0.5) is 0 Å². The molecule has 25 heavy (non-hydrogen) atoms. The van der Waals surface area contributed by atoms with Crippen LogP contribution in [0, 0.1) is 0 Å². The lowest BCUT2D eigenvalue weighted by Crippen LogP contribution is -2.52. The van der Waals surface area contributed by atoms with Gasteiger partial charge in [-0.1, -0.05) is 109 Å². The van der Waals surface area contributed by atoms with Crippen LogP contribution in [0.25, 0.3) is 0 Å². The van der Waals surface area contributed by atoms with Crippen LogP contribution in [0.3, 0.4) is 0 Å². The van der Waals surface area contributed by atoms with E-state index in [2.05, 4.69) is 62.5 Å². The van der Waals surface area contributed by atoms with Gasteiger partial charge in [0, 0.05) is 11.1 Å². The fourth-order valence-corrected chi connectivity index (χ4v) is 5.48. The lowest BCUT2D eigenvalue weighted by molar-refractivity contribution is 0.103. The molecule has 3 rings (SSSR count). The molecule has 1 nitrogen and oxygen atoms in total. The van der Waals surface area contributed by atoms with Crippen molar-refractivity contribution in [2.75, 3.05) is 0 Å². The Bertz CT molecular complexity index is 847. The lowest BCUT2D eigenvalue weighted by Gasteiger charge is -2.23. The minimum absolute atomic E-state index is 0.0911. The van der Waals surface area contributed by atoms with Crippen molar-refractivity contribution in [1.29, 1.82) is 0 Å². The fourth-order valence-electron chi connectivity index (χ4n) is 3.12. The van der Waals surface area contributed by atoms with E-state index in [0.717, 1.165) is 17.5 Å². The minimum atomic E-state index is -1.72. The second-order valence-corrected chi connectivity index (χ2v) is 11.4. The van der Waals surface area contributed by atoms with E-state index in [4.69, 9.17) is 0 Å². The summed E-state index contributed by atoms with van der Waals surface area (Å²) in [7, 11) is -1.72. The molecule has 126 valence electrons. The van der Waals surface area contributed by atoms with Crippen molar-refractivity contribution in [3.8, 4) is 0 Å². The number of rotatable bonds is 5. The molecule has 0 fully saturated rings. The predicted octanol–water partition coefficient (Wildman–Crippen LogP) is 4.30. The molecule has 0 spiro atoms. The van der Waals surface area contributed by atoms with Gasteiger partial charge in [0.2, 0.25) is 0 Å². The molecular formula is C23H24OSi. The molecule has 0 amide bonds. The van der Waals surface area contributed by atoms with E-state index < -0.39 is 8.07 Å². The first-order valence-electron chi connectivity index (χ1n) is 8.82. The molecule has 3 aromatic carbocycles. The normalized spacial score (nSPS) is 11.3. The van der Waals surface area contributed by atoms with E-state index >= 15 is 0 Å². The van der Waals surface area contributed by atoms with Gasteiger partial charge in [-0.25, -0.2) is 0 Å². The summed E-state index contributed by atoms with van der Waals surface area (Å²) in [5, 5.41) is 2.75. The van der Waals surface area contributed by atoms with Crippen LogP contribution in [-0.4, -0.2) is 13.9 Å². The first-order valence-corrected chi connectivity index (χ1v) is 11.8. The van der Waals surface area contributed by atoms with Gasteiger partial charge in [-0.15, -0.1) is 0 Å². The molecule has 0 bridgehead atoms. The maximum absolute atomic E-state index is 12.7. The molecule has 0 aliphatic rings. The summed E-state index contributed by atoms with van der Waals surface area (Å²) in [6, 6.07) is 26.8. The number of aryl methyl sites for hydroxylation is 1. The van der Waals surface area contributed by atoms with Gasteiger partial charge in [0.1, 0.15) is 8.07 Å². The zero-order chi connectivity index (χ0) is 17.9. The molecular weight excluding hydrogens is 320 g/mol. The highest BCUT2D eigenvalue weighted by atomic mass is 28.3. The molecule has 0 aromatic heterocycles. The highest BCUT2D eigenvalue weighted by molar-refractivity contribution is 7.00. The number of benzene rings is 3. The standard InChI is InChI=1S/C23H24OSi/c1-4-18-10-12-19(13-11-18)23(24)20-14-16-22(17-15-20)25(2,3)21-8-6-5-7-9-21/h5-17H,4H2,1-3H3. The zero-order valence-electron chi connectivity index (χ0n) is 15.1. The molecule has 0 saturated carbocycles. The van der Waals surface area contributed by atoms with Crippen LogP contribution in [0.5, 0.6) is 0 Å². The third kappa shape index (κ3) is 3.64. The Kier molecular flexibility index (Phi) is 5.00. The van der Waals surface area contributed by atoms with Gasteiger partial charge in [-0.3, -0.25) is 4.79 Å². The van der Waals surface area contributed by atoms with Crippen LogP contribution in [0.15, 0.2) is 78.9 Å². The van der Waals surface area contributed by atoms with Crippen LogP contribution >= 0.6 is 0 Å². The van der Waals surface area contributed by atoms with Crippen LogP contribution in [-0.2, 0) is 6.42 Å². The second kappa shape index (κ2) is 7.20. The molecule has 0 radical (unpaired) electrons. The number of hydrogen-bond acceptors (Lipinski definition) is 1. The first kappa shape index (κ1) is 17.4. The largest absolute Gasteiger partial charge is 0.289 e. The molecule has 0 atom stereocenters. The van der Waals surface area contributed by atoms with Crippen LogP contribution < -0.4 is 10.4 Å². The first-order chi connectivity index (χ1) is 12.0. The Morgan fingerprint density at radius 2 is 1.20 bits per heavy atom. The molecule has 0 saturated heterocycles. The van der Waals surface area contributed by atoms with Gasteiger partial charge in [0.25, 0.3) is 0 Å². The Labute approximate surface area is 151 Å². The number of carbonyl (C=O) groups is 1. The van der Waals surface area contributed by atoms with Crippen LogP contribution in [0.1, 0.15) is 28.4 Å². The fraction of sp³-hybridized carbons (Fsp3) is 0.174. The van der Waals surface area contributed by atoms with Crippen molar-refractivity contribution in [2.45, 2.75) is 26.4 Å². The Hall–Kier alpha value is -2.45. The maximum Gasteiger partial charge on any atom is 0.193 e. The van der Waals surface area contributed by atoms with Crippen molar-refractivity contribution in [2.24, 2.45) is 0 Å². The SMILES string of the molecule is CCc1ccc(C(=O)c2ccc([Si](C)(C)c3ccccc3)cc2)cc1. The highest BCUT2D eigenvalue weighted by Gasteiger charge is 2.25. The number of hydrogen-bond donors (Lipinski definition) is 0. The quantitative estimate of drug-likeness (QED) is 0.498. The Morgan fingerprint density at radius 3 is 1.72 bits per heavy atom. The van der Waals surface area contributed by atoms with Crippen molar-refractivity contribution >= 4 is 24.2 Å². The summed E-state index contributed by atoms with van der Waals surface area (Å²) >= 11 is 0. The summed E-state index contributed by atoms with van der Waals surface area (Å²) in [5.74, 6) is 0.0911. The van der Waals surface area contributed by atoms with E-state index in [1.165, 1.54) is 15.9 Å². The average molecular weight is 345 g/mol. The molecule has 0 unspecified atom stereocenters. The molecule has 2 heteroatoms. The van der Waals surface area contributed by atoms with E-state index in [0.29, 0.717) is 0 Å². The summed E-state index contributed by atoms with van der Waals surface area (Å²) in [5.41, 5.74) is 2.76. The zero-order valence-corrected chi connectivity index (χ0v) is 16.1. The summed E-state index contributed by atoms with van der Waals surface area (Å²) in [6.07, 6.45) is 0.988. The topological polar surface area (TPSA) is 17.1 Å². The summed E-state index contributed by atoms with van der Waals surface area (Å²) in [4.78, 5) is 12.7. The van der Waals surface area contributed by atoms with Crippen molar-refractivity contribution in [3.05, 3.63) is 95.6 Å². The summed E-state index contributed by atoms with van der Waals surface area (Å²) < 4.78 is 0. The van der Waals surface area contributed by atoms with Crippen LogP contribution in [0.2, 0.25) is 13.1 Å². The highest BCUT2D eigenvalue weighted by Crippen LogP contribution is 2.12. The summed E-state index contributed by atoms with van der Waals surface area (Å²) in [6.45, 7) is 6.82. The van der Waals surface area contributed by atoms with E-state index in [1.54, 1.807) is 0 Å². The molecule has 0 aliphatic heterocycles. The average Bonchev–Trinajstić information content (AvgIpc) is 2.68. The van der Waals surface area contributed by atoms with Gasteiger partial charge in [0.05, 0.1) is 0 Å². The number of carbonyl (C=O) groups excluding carboxylic acids is 1. The lowest BCUT2D eigenvalue weighted by atomic mass is 10.0. The number of ketones is 1. The molecule has 0 N–H and O–H groups in total. The van der Waals surface area contributed by atoms with Gasteiger partial charge in [-0.05, 0) is 12.0 Å². The van der Waals surface area contributed by atoms with Crippen molar-refractivity contribution in [3.63, 3.8) is 0 Å². The minimum Gasteiger partial charge on any atom is -0.289 e. The van der Waals surface area contributed by atoms with Crippen molar-refractivity contribution in [1.82, 2.24) is 0 Å². The second-order valence-electron chi connectivity index (χ2n) is 6.95. The van der Waals surface area contributed by atoms with Crippen molar-refractivity contribution < 1.29 is 4.79 Å². The van der Waals surface area contributed by atoms with Gasteiger partial charge in [0.15, 0.2) is 5.78 Å². The molecule has 3 aromatic rings. The Morgan fingerprint density at radius 1 is 0.720 bits per heavy atom. The predicted molar refractivity (Wildman–Crippen MR) is 109 cm³/mol. The maximum atomic E-state index is 12.7. The van der Waals surface area contributed by atoms with E-state index in [1.807, 2.05) is 36.4 Å². The van der Waals surface area contributed by atoms with E-state index in [-0.39, 0.29) is 5.78 Å². The van der Waals surface area contributed by atoms with Gasteiger partial charge in [-0.2, -0.15) is 0 Å². The molecule has 0 heterocycles. The Balaban J connectivity index is 1.85.